The summed E-state index contributed by atoms with van der Waals surface area (Å²) in [4.78, 5) is 41.8. The van der Waals surface area contributed by atoms with E-state index in [1.807, 2.05) is 0 Å². The molecule has 3 amide bonds. The summed E-state index contributed by atoms with van der Waals surface area (Å²) in [6, 6.07) is -0.345. The Kier molecular flexibility index (Phi) is 6.10. The quantitative estimate of drug-likeness (QED) is 0.524. The van der Waals surface area contributed by atoms with Crippen LogP contribution in [-0.4, -0.2) is 69.5 Å². The van der Waals surface area contributed by atoms with E-state index in [1.54, 1.807) is 23.7 Å². The van der Waals surface area contributed by atoms with Crippen molar-refractivity contribution in [2.75, 3.05) is 20.2 Å². The molecule has 3 saturated heterocycles. The summed E-state index contributed by atoms with van der Waals surface area (Å²) in [6.45, 7) is 2.62. The Balaban J connectivity index is 1.65. The third-order valence-electron chi connectivity index (χ3n) is 7.81. The van der Waals surface area contributed by atoms with Crippen LogP contribution in [0.3, 0.4) is 0 Å². The van der Waals surface area contributed by atoms with E-state index in [0.717, 1.165) is 38.5 Å². The van der Waals surface area contributed by atoms with E-state index in [2.05, 4.69) is 17.6 Å². The molecule has 2 bridgehead atoms. The number of carbonyl (C=O) groups excluding carboxylic acids is 3. The van der Waals surface area contributed by atoms with Gasteiger partial charge in [0.15, 0.2) is 0 Å². The molecule has 0 radical (unpaired) electrons. The number of fused-ring (bicyclic) bond motifs is 1. The highest BCUT2D eigenvalue weighted by molar-refractivity contribution is 8.02. The van der Waals surface area contributed by atoms with Crippen LogP contribution in [0.5, 0.6) is 0 Å². The fraction of sp³-hybridized carbons (Fsp3) is 0.864. The molecule has 1 saturated carbocycles. The molecule has 3 aliphatic heterocycles. The standard InChI is InChI=1S/C22H35N3O4S/c1-21-10-11-22(30-21)16(15(21)18(27)23-2)20(29)25(12-6-7-13-26)17(22)19(28)24-14-8-4-3-5-9-14/h14-17,26H,3-13H2,1-2H3,(H,23,27)(H,24,28)/t15-,16-,17?,21+,22?/m0/s1. The van der Waals surface area contributed by atoms with Gasteiger partial charge in [0.2, 0.25) is 17.7 Å². The third-order valence-corrected chi connectivity index (χ3v) is 9.80. The smallest absolute Gasteiger partial charge is 0.244 e. The van der Waals surface area contributed by atoms with Crippen LogP contribution in [0.15, 0.2) is 0 Å². The molecule has 4 aliphatic rings. The van der Waals surface area contributed by atoms with Gasteiger partial charge in [-0.15, -0.1) is 11.8 Å². The fourth-order valence-electron chi connectivity index (χ4n) is 6.44. The summed E-state index contributed by atoms with van der Waals surface area (Å²) in [5.74, 6) is -1.04. The number of aliphatic hydroxyl groups is 1. The van der Waals surface area contributed by atoms with E-state index in [-0.39, 0.29) is 35.1 Å². The molecule has 0 aromatic rings. The molecule has 7 nitrogen and oxygen atoms in total. The van der Waals surface area contributed by atoms with Crippen LogP contribution in [0, 0.1) is 11.8 Å². The largest absolute Gasteiger partial charge is 0.396 e. The van der Waals surface area contributed by atoms with E-state index >= 15 is 0 Å². The lowest BCUT2D eigenvalue weighted by molar-refractivity contribution is -0.140. The number of nitrogens with one attached hydrogen (secondary N) is 2. The van der Waals surface area contributed by atoms with Gasteiger partial charge in [-0.3, -0.25) is 14.4 Å². The zero-order valence-electron chi connectivity index (χ0n) is 18.1. The minimum Gasteiger partial charge on any atom is -0.396 e. The van der Waals surface area contributed by atoms with Gasteiger partial charge in [0, 0.05) is 31.0 Å². The molecule has 3 N–H and O–H groups in total. The fourth-order valence-corrected chi connectivity index (χ4v) is 8.80. The molecule has 1 spiro atoms. The molecule has 2 unspecified atom stereocenters. The van der Waals surface area contributed by atoms with E-state index in [4.69, 9.17) is 0 Å². The van der Waals surface area contributed by atoms with Gasteiger partial charge in [-0.2, -0.15) is 0 Å². The van der Waals surface area contributed by atoms with Gasteiger partial charge in [-0.05, 0) is 45.4 Å². The number of likely N-dealkylation sites (tertiary alicyclic amines) is 1. The molecule has 30 heavy (non-hydrogen) atoms. The predicted octanol–water partition coefficient (Wildman–Crippen LogP) is 1.44. The SMILES string of the molecule is CNC(=O)[C@@H]1[C@H]2C(=O)N(CCCCO)C(C(=O)NC3CCCCC3)C23CC[C@@]1(C)S3. The lowest BCUT2D eigenvalue weighted by atomic mass is 9.66. The Morgan fingerprint density at radius 1 is 1.17 bits per heavy atom. The highest BCUT2D eigenvalue weighted by atomic mass is 32.2. The molecule has 5 atom stereocenters. The summed E-state index contributed by atoms with van der Waals surface area (Å²) < 4.78 is -0.831. The van der Waals surface area contributed by atoms with Crippen LogP contribution in [0.2, 0.25) is 0 Å². The van der Waals surface area contributed by atoms with Gasteiger partial charge in [-0.1, -0.05) is 19.3 Å². The van der Waals surface area contributed by atoms with Crippen molar-refractivity contribution in [1.29, 1.82) is 0 Å². The third kappa shape index (κ3) is 3.34. The minimum atomic E-state index is -0.530. The number of thioether (sulfide) groups is 1. The first-order chi connectivity index (χ1) is 14.4. The normalized spacial score (nSPS) is 38.0. The van der Waals surface area contributed by atoms with Crippen LogP contribution in [0.25, 0.3) is 0 Å². The summed E-state index contributed by atoms with van der Waals surface area (Å²) in [5.41, 5.74) is 0. The van der Waals surface area contributed by atoms with Gasteiger partial charge in [0.05, 0.1) is 16.6 Å². The molecule has 8 heteroatoms. The number of amides is 3. The maximum absolute atomic E-state index is 13.6. The highest BCUT2D eigenvalue weighted by Crippen LogP contribution is 2.71. The zero-order valence-corrected chi connectivity index (χ0v) is 18.9. The average molecular weight is 438 g/mol. The first kappa shape index (κ1) is 21.9. The van der Waals surface area contributed by atoms with Gasteiger partial charge in [0.1, 0.15) is 6.04 Å². The van der Waals surface area contributed by atoms with Gasteiger partial charge < -0.3 is 20.6 Å². The van der Waals surface area contributed by atoms with Gasteiger partial charge in [0.25, 0.3) is 0 Å². The molecule has 4 fully saturated rings. The van der Waals surface area contributed by atoms with Crippen molar-refractivity contribution in [3.63, 3.8) is 0 Å². The van der Waals surface area contributed by atoms with Crippen LogP contribution in [-0.2, 0) is 14.4 Å². The van der Waals surface area contributed by atoms with Crippen molar-refractivity contribution in [1.82, 2.24) is 15.5 Å². The summed E-state index contributed by atoms with van der Waals surface area (Å²) in [7, 11) is 1.63. The summed E-state index contributed by atoms with van der Waals surface area (Å²) >= 11 is 1.72. The van der Waals surface area contributed by atoms with Crippen molar-refractivity contribution in [3.05, 3.63) is 0 Å². The molecule has 4 rings (SSSR count). The van der Waals surface area contributed by atoms with E-state index in [0.29, 0.717) is 19.4 Å². The lowest BCUT2D eigenvalue weighted by Gasteiger charge is -2.35. The van der Waals surface area contributed by atoms with Crippen LogP contribution >= 0.6 is 11.8 Å². The Hall–Kier alpha value is -1.28. The second kappa shape index (κ2) is 8.34. The van der Waals surface area contributed by atoms with Crippen molar-refractivity contribution >= 4 is 29.5 Å². The number of nitrogens with zero attached hydrogens (tertiary/aromatic N) is 1. The van der Waals surface area contributed by atoms with Crippen LogP contribution < -0.4 is 10.6 Å². The number of hydrogen-bond acceptors (Lipinski definition) is 5. The Bertz CT molecular complexity index is 712. The number of rotatable bonds is 7. The monoisotopic (exact) mass is 437 g/mol. The maximum Gasteiger partial charge on any atom is 0.244 e. The zero-order chi connectivity index (χ0) is 21.5. The minimum absolute atomic E-state index is 0.0453. The van der Waals surface area contributed by atoms with Crippen molar-refractivity contribution < 1.29 is 19.5 Å². The number of aliphatic hydroxyl groups excluding tert-OH is 1. The number of unbranched alkanes of at least 4 members (excludes halogenated alkanes) is 1. The summed E-state index contributed by atoms with van der Waals surface area (Å²) in [6.07, 6.45) is 8.37. The van der Waals surface area contributed by atoms with Crippen LogP contribution in [0.1, 0.15) is 64.7 Å². The number of hydrogen-bond donors (Lipinski definition) is 3. The maximum atomic E-state index is 13.6. The van der Waals surface area contributed by atoms with Crippen molar-refractivity contribution in [3.8, 4) is 0 Å². The number of carbonyl (C=O) groups is 3. The first-order valence-electron chi connectivity index (χ1n) is 11.5. The van der Waals surface area contributed by atoms with Gasteiger partial charge in [-0.25, -0.2) is 0 Å². The second-order valence-corrected chi connectivity index (χ2v) is 11.5. The molecule has 0 aromatic carbocycles. The molecule has 168 valence electrons. The Morgan fingerprint density at radius 2 is 1.90 bits per heavy atom. The average Bonchev–Trinajstić information content (AvgIpc) is 3.29. The van der Waals surface area contributed by atoms with Crippen LogP contribution in [0.4, 0.5) is 0 Å². The van der Waals surface area contributed by atoms with E-state index in [1.165, 1.54) is 6.42 Å². The van der Waals surface area contributed by atoms with Gasteiger partial charge >= 0.3 is 0 Å². The second-order valence-electron chi connectivity index (χ2n) is 9.65. The lowest BCUT2D eigenvalue weighted by Crippen LogP contribution is -2.55. The molecular weight excluding hydrogens is 402 g/mol. The first-order valence-corrected chi connectivity index (χ1v) is 12.3. The predicted molar refractivity (Wildman–Crippen MR) is 116 cm³/mol. The van der Waals surface area contributed by atoms with Crippen molar-refractivity contribution in [2.45, 2.75) is 86.3 Å². The van der Waals surface area contributed by atoms with Crippen molar-refractivity contribution in [2.24, 2.45) is 11.8 Å². The van der Waals surface area contributed by atoms with E-state index < -0.39 is 22.6 Å². The molecular formula is C22H35N3O4S. The van der Waals surface area contributed by atoms with E-state index in [9.17, 15) is 19.5 Å². The highest BCUT2D eigenvalue weighted by Gasteiger charge is 2.76. The summed E-state index contributed by atoms with van der Waals surface area (Å²) in [5, 5.41) is 15.2. The molecule has 1 aliphatic carbocycles. The topological polar surface area (TPSA) is 98.7 Å². The molecule has 3 heterocycles. The Morgan fingerprint density at radius 3 is 2.57 bits per heavy atom. The molecule has 0 aromatic heterocycles. The Labute approximate surface area is 183 Å².